The van der Waals surface area contributed by atoms with Crippen molar-refractivity contribution >= 4 is 11.9 Å². The third-order valence-corrected chi connectivity index (χ3v) is 6.45. The number of carbonyl (C=O) groups is 2. The summed E-state index contributed by atoms with van der Waals surface area (Å²) in [6.07, 6.45) is 7.03. The molecule has 0 aliphatic heterocycles. The monoisotopic (exact) mass is 487 g/mol. The van der Waals surface area contributed by atoms with Crippen molar-refractivity contribution in [3.05, 3.63) is 89.2 Å². The van der Waals surface area contributed by atoms with Gasteiger partial charge in [-0.25, -0.2) is 0 Å². The van der Waals surface area contributed by atoms with Crippen LogP contribution in [-0.4, -0.2) is 37.5 Å². The van der Waals surface area contributed by atoms with Crippen LogP contribution in [0.1, 0.15) is 60.0 Å². The molecule has 1 aliphatic carbocycles. The van der Waals surface area contributed by atoms with E-state index in [1.165, 1.54) is 25.5 Å². The molecule has 0 spiro atoms. The van der Waals surface area contributed by atoms with Gasteiger partial charge in [0.2, 0.25) is 0 Å². The Labute approximate surface area is 212 Å². The molecule has 3 aromatic rings. The van der Waals surface area contributed by atoms with Crippen molar-refractivity contribution in [3.8, 4) is 17.1 Å². The normalized spacial score (nSPS) is 13.4. The van der Waals surface area contributed by atoms with Gasteiger partial charge in [-0.15, -0.1) is 0 Å². The van der Waals surface area contributed by atoms with Crippen molar-refractivity contribution in [3.63, 3.8) is 0 Å². The highest BCUT2D eigenvalue weighted by Gasteiger charge is 2.25. The van der Waals surface area contributed by atoms with Gasteiger partial charge in [-0.3, -0.25) is 9.59 Å². The first-order chi connectivity index (χ1) is 17.4. The van der Waals surface area contributed by atoms with Crippen LogP contribution in [0.15, 0.2) is 76.9 Å². The molecule has 1 saturated carbocycles. The van der Waals surface area contributed by atoms with Gasteiger partial charge in [0.05, 0.1) is 13.4 Å². The average Bonchev–Trinajstić information content (AvgIpc) is 3.61. The molecule has 4 rings (SSSR count). The van der Waals surface area contributed by atoms with E-state index in [1.54, 1.807) is 11.2 Å². The lowest BCUT2D eigenvalue weighted by atomic mass is 10.0. The molecule has 0 bridgehead atoms. The zero-order valence-electron chi connectivity index (χ0n) is 21.2. The molecule has 1 heterocycles. The van der Waals surface area contributed by atoms with Crippen LogP contribution in [0.5, 0.6) is 5.75 Å². The second-order valence-corrected chi connectivity index (χ2v) is 9.29. The molecule has 0 atom stereocenters. The highest BCUT2D eigenvalue weighted by Crippen LogP contribution is 2.41. The lowest BCUT2D eigenvalue weighted by molar-refractivity contribution is -0.140. The maximum Gasteiger partial charge on any atom is 0.305 e. The van der Waals surface area contributed by atoms with Crippen LogP contribution in [0.2, 0.25) is 0 Å². The van der Waals surface area contributed by atoms with E-state index in [2.05, 4.69) is 12.1 Å². The molecule has 1 amide bonds. The highest BCUT2D eigenvalue weighted by atomic mass is 16.5. The highest BCUT2D eigenvalue weighted by molar-refractivity contribution is 5.94. The van der Waals surface area contributed by atoms with Gasteiger partial charge < -0.3 is 18.8 Å². The van der Waals surface area contributed by atoms with Crippen LogP contribution < -0.4 is 4.74 Å². The van der Waals surface area contributed by atoms with Crippen LogP contribution in [0.25, 0.3) is 11.3 Å². The number of rotatable bonds is 11. The summed E-state index contributed by atoms with van der Waals surface area (Å²) in [7, 11) is 3.21. The molecule has 6 nitrogen and oxygen atoms in total. The van der Waals surface area contributed by atoms with Gasteiger partial charge in [0, 0.05) is 36.7 Å². The number of hydrogen-bond donors (Lipinski definition) is 0. The maximum atomic E-state index is 13.2. The summed E-state index contributed by atoms with van der Waals surface area (Å²) in [5.41, 5.74) is 4.91. The first-order valence-electron chi connectivity index (χ1n) is 12.3. The quantitative estimate of drug-likeness (QED) is 0.232. The fourth-order valence-corrected chi connectivity index (χ4v) is 4.08. The van der Waals surface area contributed by atoms with Gasteiger partial charge in [0.25, 0.3) is 5.91 Å². The van der Waals surface area contributed by atoms with Crippen molar-refractivity contribution in [2.45, 2.75) is 45.1 Å². The molecule has 0 unspecified atom stereocenters. The Hall–Kier alpha value is -3.80. The first kappa shape index (κ1) is 25.3. The summed E-state index contributed by atoms with van der Waals surface area (Å²) in [6.45, 7) is 2.82. The van der Waals surface area contributed by atoms with Crippen molar-refractivity contribution in [2.75, 3.05) is 20.8 Å². The number of benzene rings is 2. The number of nitrogens with zero attached hydrogens (tertiary/aromatic N) is 1. The smallest absolute Gasteiger partial charge is 0.305 e. The van der Waals surface area contributed by atoms with E-state index in [0.29, 0.717) is 37.5 Å². The zero-order chi connectivity index (χ0) is 25.5. The Morgan fingerprint density at radius 2 is 1.86 bits per heavy atom. The molecule has 0 saturated heterocycles. The molecule has 188 valence electrons. The van der Waals surface area contributed by atoms with Crippen molar-refractivity contribution in [1.29, 1.82) is 0 Å². The van der Waals surface area contributed by atoms with E-state index in [0.717, 1.165) is 28.2 Å². The molecule has 1 aliphatic rings. The number of allylic oxidation sites excluding steroid dienone is 1. The zero-order valence-corrected chi connectivity index (χ0v) is 21.2. The fourth-order valence-electron chi connectivity index (χ4n) is 4.08. The van der Waals surface area contributed by atoms with E-state index in [1.807, 2.05) is 62.5 Å². The Kier molecular flexibility index (Phi) is 8.26. The van der Waals surface area contributed by atoms with E-state index in [9.17, 15) is 9.59 Å². The van der Waals surface area contributed by atoms with Crippen molar-refractivity contribution < 1.29 is 23.5 Å². The van der Waals surface area contributed by atoms with Gasteiger partial charge >= 0.3 is 5.97 Å². The Morgan fingerprint density at radius 3 is 2.53 bits per heavy atom. The van der Waals surface area contributed by atoms with E-state index >= 15 is 0 Å². The van der Waals surface area contributed by atoms with Crippen LogP contribution in [0.3, 0.4) is 0 Å². The van der Waals surface area contributed by atoms with Gasteiger partial charge in [0.15, 0.2) is 0 Å². The standard InChI is InChI=1S/C30H33NO5/c1-21(6-15-29(32)34-3)16-18-36-28-14-13-25(22-7-8-22)19-26(28)20-31(2)30(33)24-11-9-23(10-12-24)27-5-4-17-35-27/h4-5,9-14,16-17,19,22H,6-8,15,18,20H2,1-3H3/b21-16+. The number of amides is 1. The fraction of sp³-hybridized carbons (Fsp3) is 0.333. The summed E-state index contributed by atoms with van der Waals surface area (Å²) in [5, 5.41) is 0. The third kappa shape index (κ3) is 6.66. The molecule has 2 aromatic carbocycles. The predicted octanol–water partition coefficient (Wildman–Crippen LogP) is 6.37. The molecular formula is C30H33NO5. The molecule has 1 fully saturated rings. The summed E-state index contributed by atoms with van der Waals surface area (Å²) >= 11 is 0. The second-order valence-electron chi connectivity index (χ2n) is 9.29. The summed E-state index contributed by atoms with van der Waals surface area (Å²) in [6, 6.07) is 17.5. The number of ether oxygens (including phenoxy) is 2. The molecule has 1 aromatic heterocycles. The maximum absolute atomic E-state index is 13.2. The van der Waals surface area contributed by atoms with Crippen LogP contribution in [0, 0.1) is 0 Å². The Morgan fingerprint density at radius 1 is 1.08 bits per heavy atom. The number of furan rings is 1. The van der Waals surface area contributed by atoms with Gasteiger partial charge in [0.1, 0.15) is 18.1 Å². The minimum Gasteiger partial charge on any atom is -0.489 e. The van der Waals surface area contributed by atoms with Crippen LogP contribution in [-0.2, 0) is 16.1 Å². The number of esters is 1. The van der Waals surface area contributed by atoms with E-state index in [-0.39, 0.29) is 11.9 Å². The van der Waals surface area contributed by atoms with Crippen LogP contribution >= 0.6 is 0 Å². The molecule has 6 heteroatoms. The van der Waals surface area contributed by atoms with E-state index in [4.69, 9.17) is 13.9 Å². The second kappa shape index (κ2) is 11.8. The number of hydrogen-bond acceptors (Lipinski definition) is 5. The predicted molar refractivity (Wildman–Crippen MR) is 139 cm³/mol. The van der Waals surface area contributed by atoms with Crippen molar-refractivity contribution in [2.24, 2.45) is 0 Å². The first-order valence-corrected chi connectivity index (χ1v) is 12.3. The molecule has 0 N–H and O–H groups in total. The third-order valence-electron chi connectivity index (χ3n) is 6.45. The average molecular weight is 488 g/mol. The Balaban J connectivity index is 1.42. The minimum absolute atomic E-state index is 0.0534. The molecule has 0 radical (unpaired) electrons. The summed E-state index contributed by atoms with van der Waals surface area (Å²) < 4.78 is 16.2. The van der Waals surface area contributed by atoms with Crippen LogP contribution in [0.4, 0.5) is 0 Å². The van der Waals surface area contributed by atoms with E-state index < -0.39 is 0 Å². The lowest BCUT2D eigenvalue weighted by Gasteiger charge is -2.20. The van der Waals surface area contributed by atoms with Gasteiger partial charge in [-0.2, -0.15) is 0 Å². The molecule has 36 heavy (non-hydrogen) atoms. The minimum atomic E-state index is -0.218. The van der Waals surface area contributed by atoms with Crippen molar-refractivity contribution in [1.82, 2.24) is 4.90 Å². The lowest BCUT2D eigenvalue weighted by Crippen LogP contribution is -2.26. The largest absolute Gasteiger partial charge is 0.489 e. The summed E-state index contributed by atoms with van der Waals surface area (Å²) in [4.78, 5) is 26.2. The number of methoxy groups -OCH3 is 1. The SMILES string of the molecule is COC(=O)CC/C(C)=C/COc1ccc(C2CC2)cc1CN(C)C(=O)c1ccc(-c2ccco2)cc1. The Bertz CT molecular complexity index is 1210. The topological polar surface area (TPSA) is 69.0 Å². The molecular weight excluding hydrogens is 454 g/mol. The van der Waals surface area contributed by atoms with Gasteiger partial charge in [-0.05, 0) is 74.1 Å². The van der Waals surface area contributed by atoms with Gasteiger partial charge in [-0.1, -0.05) is 29.8 Å². The number of carbonyl (C=O) groups excluding carboxylic acids is 2. The summed E-state index contributed by atoms with van der Waals surface area (Å²) in [5.74, 6) is 1.88.